The molecule has 0 rings (SSSR count). The summed E-state index contributed by atoms with van der Waals surface area (Å²) in [6, 6.07) is 0. The SMILES string of the molecule is CCCOS(=O)(=[Se])CS(=O)(=O)O. The molecule has 0 aromatic heterocycles. The van der Waals surface area contributed by atoms with Crippen LogP contribution in [0, 0.1) is 0 Å². The Kier molecular flexibility index (Phi) is 4.90. The van der Waals surface area contributed by atoms with Crippen molar-refractivity contribution in [2.75, 3.05) is 11.7 Å². The molecule has 12 heavy (non-hydrogen) atoms. The zero-order valence-corrected chi connectivity index (χ0v) is 9.77. The van der Waals surface area contributed by atoms with Crippen LogP contribution in [0.25, 0.3) is 0 Å². The van der Waals surface area contributed by atoms with Crippen molar-refractivity contribution < 1.29 is 21.4 Å². The maximum absolute atomic E-state index is 11.1. The molecule has 0 amide bonds. The average molecular weight is 281 g/mol. The molecular weight excluding hydrogens is 271 g/mol. The normalized spacial score (nSPS) is 17.2. The predicted octanol–water partition coefficient (Wildman–Crippen LogP) is -0.459. The van der Waals surface area contributed by atoms with Gasteiger partial charge in [-0.15, -0.1) is 0 Å². The van der Waals surface area contributed by atoms with Crippen LogP contribution in [0.4, 0.5) is 0 Å². The minimum atomic E-state index is -4.24. The standard InChI is InChI=1S/C4H10O5S2Se/c1-2-3-9-11(8,12)4-10(5,6)7/h2-4H2,1H3,(H,5,6,7). The molecule has 5 nitrogen and oxygen atoms in total. The second-order valence-electron chi connectivity index (χ2n) is 2.08. The van der Waals surface area contributed by atoms with Crippen LogP contribution < -0.4 is 0 Å². The Morgan fingerprint density at radius 2 is 1.92 bits per heavy atom. The second kappa shape index (κ2) is 4.69. The summed E-state index contributed by atoms with van der Waals surface area (Å²) in [6.45, 7) is 1.99. The molecule has 74 valence electrons. The molecule has 0 aliphatic carbocycles. The fourth-order valence-electron chi connectivity index (χ4n) is 0.427. The first-order valence-corrected chi connectivity index (χ1v) is 8.37. The predicted molar refractivity (Wildman–Crippen MR) is 46.6 cm³/mol. The van der Waals surface area contributed by atoms with Gasteiger partial charge in [0.15, 0.2) is 0 Å². The van der Waals surface area contributed by atoms with E-state index in [1.807, 2.05) is 0 Å². The van der Waals surface area contributed by atoms with Gasteiger partial charge < -0.3 is 0 Å². The summed E-state index contributed by atoms with van der Waals surface area (Å²) in [5, 5.41) is -0.889. The van der Waals surface area contributed by atoms with Gasteiger partial charge in [-0.2, -0.15) is 0 Å². The third-order valence-electron chi connectivity index (χ3n) is 0.760. The average Bonchev–Trinajstić information content (AvgIpc) is 1.78. The number of hydrogen-bond acceptors (Lipinski definition) is 4. The summed E-state index contributed by atoms with van der Waals surface area (Å²) in [5.41, 5.74) is 0. The van der Waals surface area contributed by atoms with Crippen LogP contribution in [0.2, 0.25) is 0 Å². The molecule has 0 heterocycles. The first-order valence-electron chi connectivity index (χ1n) is 3.09. The number of hydrogen-bond donors (Lipinski definition) is 1. The van der Waals surface area contributed by atoms with Crippen LogP contribution in [0.3, 0.4) is 0 Å². The molecule has 1 atom stereocenters. The molecule has 0 radical (unpaired) electrons. The van der Waals surface area contributed by atoms with E-state index in [0.717, 1.165) is 0 Å². The van der Waals surface area contributed by atoms with Gasteiger partial charge in [0.2, 0.25) is 0 Å². The Labute approximate surface area is 79.1 Å². The van der Waals surface area contributed by atoms with E-state index < -0.39 is 23.3 Å². The van der Waals surface area contributed by atoms with Crippen molar-refractivity contribution in [1.82, 2.24) is 0 Å². The molecule has 0 bridgehead atoms. The fourth-order valence-corrected chi connectivity index (χ4v) is 5.30. The van der Waals surface area contributed by atoms with Crippen molar-refractivity contribution in [3.8, 4) is 0 Å². The molecule has 8 heteroatoms. The molecule has 0 aromatic carbocycles. The molecule has 0 saturated carbocycles. The molecule has 0 spiro atoms. The van der Waals surface area contributed by atoms with Crippen molar-refractivity contribution in [3.05, 3.63) is 0 Å². The van der Waals surface area contributed by atoms with E-state index in [1.165, 1.54) is 0 Å². The summed E-state index contributed by atoms with van der Waals surface area (Å²) >= 11 is 2.11. The Hall–Kier alpha value is 0.539. The van der Waals surface area contributed by atoms with Gasteiger partial charge in [-0.05, 0) is 0 Å². The summed E-state index contributed by atoms with van der Waals surface area (Å²) in [7, 11) is -7.26. The zero-order valence-electron chi connectivity index (χ0n) is 6.43. The summed E-state index contributed by atoms with van der Waals surface area (Å²) in [4.78, 5) is 0. The van der Waals surface area contributed by atoms with Gasteiger partial charge >= 0.3 is 79.0 Å². The van der Waals surface area contributed by atoms with Crippen molar-refractivity contribution in [2.24, 2.45) is 0 Å². The van der Waals surface area contributed by atoms with Crippen molar-refractivity contribution in [1.29, 1.82) is 0 Å². The van der Waals surface area contributed by atoms with E-state index >= 15 is 0 Å². The third kappa shape index (κ3) is 7.20. The summed E-state index contributed by atoms with van der Waals surface area (Å²) in [5.74, 6) is 0. The van der Waals surface area contributed by atoms with Gasteiger partial charge in [0.05, 0.1) is 0 Å². The molecule has 0 fully saturated rings. The van der Waals surface area contributed by atoms with Gasteiger partial charge in [-0.25, -0.2) is 0 Å². The first kappa shape index (κ1) is 12.5. The molecule has 1 N–H and O–H groups in total. The van der Waals surface area contributed by atoms with Gasteiger partial charge in [0.1, 0.15) is 0 Å². The minimum absolute atomic E-state index is 0.196. The molecular formula is C4H10O5S2Se. The molecule has 1 unspecified atom stereocenters. The van der Waals surface area contributed by atoms with Crippen molar-refractivity contribution >= 4 is 32.6 Å². The second-order valence-corrected chi connectivity index (χ2v) is 8.73. The third-order valence-corrected chi connectivity index (χ3v) is 6.05. The summed E-state index contributed by atoms with van der Waals surface area (Å²) in [6.07, 6.45) is 0.629. The van der Waals surface area contributed by atoms with Crippen molar-refractivity contribution in [3.63, 3.8) is 0 Å². The Bertz CT molecular complexity index is 315. The Morgan fingerprint density at radius 1 is 1.42 bits per heavy atom. The van der Waals surface area contributed by atoms with E-state index in [9.17, 15) is 12.6 Å². The van der Waals surface area contributed by atoms with E-state index in [2.05, 4.69) is 18.6 Å². The van der Waals surface area contributed by atoms with Gasteiger partial charge in [-0.3, -0.25) is 0 Å². The Morgan fingerprint density at radius 3 is 2.25 bits per heavy atom. The van der Waals surface area contributed by atoms with Crippen LogP contribution in [-0.2, 0) is 22.4 Å². The van der Waals surface area contributed by atoms with Gasteiger partial charge in [0, 0.05) is 0 Å². The van der Waals surface area contributed by atoms with Gasteiger partial charge in [0.25, 0.3) is 0 Å². The van der Waals surface area contributed by atoms with Crippen LogP contribution in [-0.4, -0.2) is 43.3 Å². The first-order chi connectivity index (χ1) is 5.27. The number of rotatable bonds is 5. The molecule has 0 saturated heterocycles. The molecule has 0 aliphatic rings. The van der Waals surface area contributed by atoms with E-state index in [1.54, 1.807) is 6.92 Å². The topological polar surface area (TPSA) is 80.7 Å². The molecule has 0 aromatic rings. The maximum atomic E-state index is 11.1. The van der Waals surface area contributed by atoms with E-state index in [0.29, 0.717) is 6.42 Å². The van der Waals surface area contributed by atoms with Crippen LogP contribution >= 0.6 is 0 Å². The van der Waals surface area contributed by atoms with Crippen molar-refractivity contribution in [2.45, 2.75) is 13.3 Å². The van der Waals surface area contributed by atoms with Crippen LogP contribution in [0.5, 0.6) is 0 Å². The Balaban J connectivity index is 4.26. The van der Waals surface area contributed by atoms with Crippen LogP contribution in [0.1, 0.15) is 13.3 Å². The quantitative estimate of drug-likeness (QED) is 0.545. The van der Waals surface area contributed by atoms with E-state index in [4.69, 9.17) is 4.55 Å². The summed E-state index contributed by atoms with van der Waals surface area (Å²) < 4.78 is 44.7. The fraction of sp³-hybridized carbons (Fsp3) is 1.00. The molecule has 0 aliphatic heterocycles. The van der Waals surface area contributed by atoms with E-state index in [-0.39, 0.29) is 6.61 Å². The zero-order chi connectivity index (χ0) is 9.83. The van der Waals surface area contributed by atoms with Crippen LogP contribution in [0.15, 0.2) is 0 Å². The van der Waals surface area contributed by atoms with Gasteiger partial charge in [-0.1, -0.05) is 0 Å². The monoisotopic (exact) mass is 282 g/mol.